The molecule has 0 saturated carbocycles. The predicted molar refractivity (Wildman–Crippen MR) is 60.8 cm³/mol. The summed E-state index contributed by atoms with van der Waals surface area (Å²) in [6.07, 6.45) is 0. The lowest BCUT2D eigenvalue weighted by Gasteiger charge is -2.05. The van der Waals surface area contributed by atoms with Crippen LogP contribution in [0.3, 0.4) is 0 Å². The molecule has 0 aliphatic heterocycles. The van der Waals surface area contributed by atoms with Gasteiger partial charge in [-0.1, -0.05) is 11.6 Å². The molecule has 8 nitrogen and oxygen atoms in total. The monoisotopic (exact) mass is 294 g/mol. The van der Waals surface area contributed by atoms with Crippen molar-refractivity contribution in [2.75, 3.05) is 7.11 Å². The van der Waals surface area contributed by atoms with E-state index < -0.39 is 42.1 Å². The number of hydrogen-bond donors (Lipinski definition) is 1. The van der Waals surface area contributed by atoms with Gasteiger partial charge in [0.05, 0.1) is 22.5 Å². The van der Waals surface area contributed by atoms with Gasteiger partial charge in [0.15, 0.2) is 0 Å². The number of hydrogen-bond acceptors (Lipinski definition) is 6. The Balaban J connectivity index is 3.68. The van der Waals surface area contributed by atoms with Gasteiger partial charge in [0.25, 0.3) is 5.69 Å². The Kier molecular flexibility index (Phi) is 3.89. The van der Waals surface area contributed by atoms with E-state index in [-0.39, 0.29) is 0 Å². The van der Waals surface area contributed by atoms with E-state index in [4.69, 9.17) is 16.7 Å². The van der Waals surface area contributed by atoms with Crippen LogP contribution in [0, 0.1) is 10.1 Å². The summed E-state index contributed by atoms with van der Waals surface area (Å²) < 4.78 is 26.6. The van der Waals surface area contributed by atoms with E-state index in [1.165, 1.54) is 0 Å². The lowest BCUT2D eigenvalue weighted by atomic mass is 10.2. The molecule has 0 aliphatic rings. The molecule has 0 bridgehead atoms. The molecule has 98 valence electrons. The molecule has 0 radical (unpaired) electrons. The first-order chi connectivity index (χ1) is 8.18. The van der Waals surface area contributed by atoms with Crippen molar-refractivity contribution in [2.45, 2.75) is 4.90 Å². The topological polar surface area (TPSA) is 130 Å². The Morgan fingerprint density at radius 2 is 2.06 bits per heavy atom. The molecule has 2 N–H and O–H groups in total. The van der Waals surface area contributed by atoms with Crippen molar-refractivity contribution in [3.63, 3.8) is 0 Å². The highest BCUT2D eigenvalue weighted by atomic mass is 35.5. The Morgan fingerprint density at radius 3 is 2.44 bits per heavy atom. The molecule has 0 saturated heterocycles. The highest BCUT2D eigenvalue weighted by molar-refractivity contribution is 7.89. The first kappa shape index (κ1) is 14.4. The molecule has 0 atom stereocenters. The fourth-order valence-electron chi connectivity index (χ4n) is 1.14. The van der Waals surface area contributed by atoms with Crippen molar-refractivity contribution in [1.29, 1.82) is 0 Å². The summed E-state index contributed by atoms with van der Waals surface area (Å²) in [6.45, 7) is 0. The van der Waals surface area contributed by atoms with E-state index in [0.29, 0.717) is 6.07 Å². The molecule has 1 rings (SSSR count). The number of nitrogens with two attached hydrogens (primary N) is 1. The third-order valence-electron chi connectivity index (χ3n) is 1.96. The number of ether oxygens (including phenoxy) is 1. The van der Waals surface area contributed by atoms with E-state index in [1.807, 2.05) is 0 Å². The zero-order valence-electron chi connectivity index (χ0n) is 8.91. The second kappa shape index (κ2) is 4.88. The molecule has 10 heteroatoms. The number of halogens is 1. The lowest BCUT2D eigenvalue weighted by Crippen LogP contribution is -2.14. The van der Waals surface area contributed by atoms with Gasteiger partial charge in [-0.3, -0.25) is 10.1 Å². The average molecular weight is 295 g/mol. The zero-order chi connectivity index (χ0) is 14.1. The van der Waals surface area contributed by atoms with E-state index >= 15 is 0 Å². The second-order valence-corrected chi connectivity index (χ2v) is 5.04. The second-order valence-electron chi connectivity index (χ2n) is 3.10. The van der Waals surface area contributed by atoms with Gasteiger partial charge in [-0.2, -0.15) is 0 Å². The Labute approximate surface area is 106 Å². The molecule has 0 fully saturated rings. The summed E-state index contributed by atoms with van der Waals surface area (Å²) in [5.41, 5.74) is -1.19. The number of primary sulfonamides is 1. The minimum atomic E-state index is -4.21. The van der Waals surface area contributed by atoms with Gasteiger partial charge in [0.2, 0.25) is 10.0 Å². The molecule has 0 aliphatic carbocycles. The number of sulfonamides is 1. The molecular formula is C8H7ClN2O6S. The van der Waals surface area contributed by atoms with E-state index in [2.05, 4.69) is 4.74 Å². The molecule has 0 unspecified atom stereocenters. The number of carbonyl (C=O) groups is 1. The minimum absolute atomic E-state index is 0.447. The van der Waals surface area contributed by atoms with Gasteiger partial charge < -0.3 is 4.74 Å². The fraction of sp³-hybridized carbons (Fsp3) is 0.125. The largest absolute Gasteiger partial charge is 0.465 e. The van der Waals surface area contributed by atoms with Gasteiger partial charge in [-0.05, 0) is 6.07 Å². The number of methoxy groups -OCH3 is 1. The number of nitro benzene ring substituents is 1. The van der Waals surface area contributed by atoms with Crippen molar-refractivity contribution < 1.29 is 22.9 Å². The van der Waals surface area contributed by atoms with Crippen LogP contribution in [-0.4, -0.2) is 26.4 Å². The van der Waals surface area contributed by atoms with Gasteiger partial charge in [0, 0.05) is 6.07 Å². The van der Waals surface area contributed by atoms with Crippen molar-refractivity contribution >= 4 is 33.3 Å². The lowest BCUT2D eigenvalue weighted by molar-refractivity contribution is -0.384. The van der Waals surface area contributed by atoms with Crippen molar-refractivity contribution in [1.82, 2.24) is 0 Å². The predicted octanol–water partition coefficient (Wildman–Crippen LogP) is 0.682. The normalized spacial score (nSPS) is 11.1. The van der Waals surface area contributed by atoms with Gasteiger partial charge in [-0.15, -0.1) is 0 Å². The molecule has 0 spiro atoms. The van der Waals surface area contributed by atoms with E-state index in [1.54, 1.807) is 0 Å². The van der Waals surface area contributed by atoms with Crippen LogP contribution in [0.1, 0.15) is 10.4 Å². The molecule has 0 heterocycles. The summed E-state index contributed by atoms with van der Waals surface area (Å²) in [6, 6.07) is 1.49. The van der Waals surface area contributed by atoms with Crippen molar-refractivity contribution in [3.8, 4) is 0 Å². The SMILES string of the molecule is COC(=O)c1cc(S(N)(=O)=O)cc([N+](=O)[O-])c1Cl. The quantitative estimate of drug-likeness (QED) is 0.495. The van der Waals surface area contributed by atoms with Crippen LogP contribution in [0.25, 0.3) is 0 Å². The third kappa shape index (κ3) is 2.75. The number of esters is 1. The maximum atomic E-state index is 11.3. The van der Waals surface area contributed by atoms with Gasteiger partial charge in [0.1, 0.15) is 5.02 Å². The molecular weight excluding hydrogens is 288 g/mol. The summed E-state index contributed by atoms with van der Waals surface area (Å²) in [5.74, 6) is -1.01. The first-order valence-corrected chi connectivity index (χ1v) is 6.20. The van der Waals surface area contributed by atoms with Crippen LogP contribution in [0.15, 0.2) is 17.0 Å². The summed E-state index contributed by atoms with van der Waals surface area (Å²) in [5, 5.41) is 15.0. The highest BCUT2D eigenvalue weighted by Crippen LogP contribution is 2.31. The van der Waals surface area contributed by atoms with Crippen molar-refractivity contribution in [3.05, 3.63) is 32.8 Å². The summed E-state index contributed by atoms with van der Waals surface area (Å²) in [4.78, 5) is 20.5. The van der Waals surface area contributed by atoms with Crippen LogP contribution in [0.2, 0.25) is 5.02 Å². The number of carbonyl (C=O) groups excluding carboxylic acids is 1. The molecule has 18 heavy (non-hydrogen) atoms. The Hall–Kier alpha value is -1.71. The van der Waals surface area contributed by atoms with Crippen molar-refractivity contribution in [2.24, 2.45) is 5.14 Å². The van der Waals surface area contributed by atoms with Crippen LogP contribution in [-0.2, 0) is 14.8 Å². The fourth-order valence-corrected chi connectivity index (χ4v) is 1.95. The number of rotatable bonds is 3. The van der Waals surface area contributed by atoms with E-state index in [0.717, 1.165) is 13.2 Å². The Morgan fingerprint density at radius 1 is 1.50 bits per heavy atom. The average Bonchev–Trinajstić information content (AvgIpc) is 2.26. The third-order valence-corrected chi connectivity index (χ3v) is 3.25. The van der Waals surface area contributed by atoms with Gasteiger partial charge >= 0.3 is 5.97 Å². The molecule has 0 aromatic heterocycles. The Bertz CT molecular complexity index is 627. The number of nitrogens with zero attached hydrogens (tertiary/aromatic N) is 1. The minimum Gasteiger partial charge on any atom is -0.465 e. The van der Waals surface area contributed by atoms with Crippen LogP contribution in [0.4, 0.5) is 5.69 Å². The summed E-state index contributed by atoms with van der Waals surface area (Å²) in [7, 11) is -3.19. The highest BCUT2D eigenvalue weighted by Gasteiger charge is 2.25. The van der Waals surface area contributed by atoms with E-state index in [9.17, 15) is 23.3 Å². The number of nitro groups is 1. The molecule has 1 aromatic carbocycles. The number of benzene rings is 1. The standard InChI is InChI=1S/C8H7ClN2O6S/c1-17-8(12)5-2-4(18(10,15)16)3-6(7(5)9)11(13)14/h2-3H,1H3,(H2,10,15,16). The van der Waals surface area contributed by atoms with Crippen LogP contribution in [0.5, 0.6) is 0 Å². The molecule has 0 amide bonds. The zero-order valence-corrected chi connectivity index (χ0v) is 10.5. The van der Waals surface area contributed by atoms with Gasteiger partial charge in [-0.25, -0.2) is 18.4 Å². The maximum Gasteiger partial charge on any atom is 0.339 e. The maximum absolute atomic E-state index is 11.3. The first-order valence-electron chi connectivity index (χ1n) is 4.27. The molecule has 1 aromatic rings. The summed E-state index contributed by atoms with van der Waals surface area (Å²) >= 11 is 5.62. The smallest absolute Gasteiger partial charge is 0.339 e. The van der Waals surface area contributed by atoms with Crippen LogP contribution >= 0.6 is 11.6 Å². The van der Waals surface area contributed by atoms with Crippen LogP contribution < -0.4 is 5.14 Å².